The Bertz CT molecular complexity index is 681. The predicted molar refractivity (Wildman–Crippen MR) is 93.0 cm³/mol. The Hall–Kier alpha value is -2.02. The van der Waals surface area contributed by atoms with Gasteiger partial charge >= 0.3 is 5.97 Å². The molecule has 3 unspecified atom stereocenters. The summed E-state index contributed by atoms with van der Waals surface area (Å²) in [6.45, 7) is 6.61. The average molecular weight is 350 g/mol. The summed E-state index contributed by atoms with van der Waals surface area (Å²) >= 11 is 5.50. The van der Waals surface area contributed by atoms with E-state index in [4.69, 9.17) is 26.4 Å². The Labute approximate surface area is 147 Å². The van der Waals surface area contributed by atoms with Gasteiger partial charge in [-0.3, -0.25) is 4.79 Å². The number of fused-ring (bicyclic) bond motifs is 4. The maximum absolute atomic E-state index is 12.7. The number of methoxy groups -OCH3 is 1. The van der Waals surface area contributed by atoms with Crippen LogP contribution in [0.4, 0.5) is 0 Å². The first kappa shape index (κ1) is 16.8. The van der Waals surface area contributed by atoms with Crippen LogP contribution in [-0.2, 0) is 9.53 Å². The van der Waals surface area contributed by atoms with Crippen molar-refractivity contribution in [3.05, 3.63) is 23.8 Å². The van der Waals surface area contributed by atoms with Gasteiger partial charge in [-0.2, -0.15) is 0 Å². The van der Waals surface area contributed by atoms with Crippen molar-refractivity contribution in [3.8, 4) is 11.5 Å². The lowest BCUT2D eigenvalue weighted by atomic mass is 9.79. The topological polar surface area (TPSA) is 60.0 Å². The third-order valence-corrected chi connectivity index (χ3v) is 5.03. The lowest BCUT2D eigenvalue weighted by Gasteiger charge is -2.55. The van der Waals surface area contributed by atoms with Crippen LogP contribution in [0.25, 0.3) is 0 Å². The standard InChI is InChI=1S/C17H22N2O4S/c1-5-19-16(24)18-14-11-9-10(21-4)7-8-12(11)23-17(19,3)13(14)15(20)22-6-2/h7-9,13-14H,5-6H2,1-4H3,(H,18,24). The number of carbonyl (C=O) groups excluding carboxylic acids is 1. The third-order valence-electron chi connectivity index (χ3n) is 4.70. The second-order valence-electron chi connectivity index (χ2n) is 5.96. The third kappa shape index (κ3) is 2.38. The van der Waals surface area contributed by atoms with Crippen LogP contribution in [0.15, 0.2) is 18.2 Å². The highest BCUT2D eigenvalue weighted by molar-refractivity contribution is 7.80. The normalized spacial score (nSPS) is 27.7. The molecular formula is C17H22N2O4S. The molecule has 0 aliphatic carbocycles. The fourth-order valence-corrected chi connectivity index (χ4v) is 4.04. The van der Waals surface area contributed by atoms with Crippen molar-refractivity contribution < 1.29 is 19.0 Å². The average Bonchev–Trinajstić information content (AvgIpc) is 2.54. The predicted octanol–water partition coefficient (Wildman–Crippen LogP) is 2.23. The van der Waals surface area contributed by atoms with E-state index < -0.39 is 11.6 Å². The Morgan fingerprint density at radius 3 is 2.83 bits per heavy atom. The first-order valence-corrected chi connectivity index (χ1v) is 8.48. The molecule has 1 saturated heterocycles. The van der Waals surface area contributed by atoms with Crippen LogP contribution in [0.1, 0.15) is 32.4 Å². The van der Waals surface area contributed by atoms with Crippen molar-refractivity contribution in [1.29, 1.82) is 0 Å². The van der Waals surface area contributed by atoms with E-state index in [1.807, 2.05) is 36.9 Å². The molecule has 2 bridgehead atoms. The molecule has 7 heteroatoms. The van der Waals surface area contributed by atoms with E-state index in [1.54, 1.807) is 14.0 Å². The monoisotopic (exact) mass is 350 g/mol. The molecular weight excluding hydrogens is 328 g/mol. The molecule has 24 heavy (non-hydrogen) atoms. The van der Waals surface area contributed by atoms with Gasteiger partial charge in [-0.05, 0) is 51.2 Å². The highest BCUT2D eigenvalue weighted by atomic mass is 32.1. The van der Waals surface area contributed by atoms with E-state index in [-0.39, 0.29) is 12.0 Å². The number of nitrogens with zero attached hydrogens (tertiary/aromatic N) is 1. The molecule has 0 aromatic heterocycles. The summed E-state index contributed by atoms with van der Waals surface area (Å²) in [6, 6.07) is 5.27. The number of esters is 1. The van der Waals surface area contributed by atoms with Crippen LogP contribution in [0, 0.1) is 5.92 Å². The number of benzene rings is 1. The van der Waals surface area contributed by atoms with Crippen molar-refractivity contribution in [2.24, 2.45) is 5.92 Å². The fraction of sp³-hybridized carbons (Fsp3) is 0.529. The fourth-order valence-electron chi connectivity index (χ4n) is 3.61. The molecule has 6 nitrogen and oxygen atoms in total. The number of thiocarbonyl (C=S) groups is 1. The van der Waals surface area contributed by atoms with Gasteiger partial charge in [0, 0.05) is 12.1 Å². The largest absolute Gasteiger partial charge is 0.497 e. The van der Waals surface area contributed by atoms with Gasteiger partial charge in [-0.15, -0.1) is 0 Å². The molecule has 2 aliphatic rings. The minimum atomic E-state index is -0.893. The van der Waals surface area contributed by atoms with Gasteiger partial charge in [0.2, 0.25) is 0 Å². The second-order valence-corrected chi connectivity index (χ2v) is 6.35. The van der Waals surface area contributed by atoms with Crippen molar-refractivity contribution in [2.45, 2.75) is 32.5 Å². The minimum absolute atomic E-state index is 0.299. The van der Waals surface area contributed by atoms with Gasteiger partial charge < -0.3 is 24.4 Å². The smallest absolute Gasteiger partial charge is 0.317 e. The molecule has 0 spiro atoms. The maximum Gasteiger partial charge on any atom is 0.317 e. The lowest BCUT2D eigenvalue weighted by Crippen LogP contribution is -2.71. The summed E-state index contributed by atoms with van der Waals surface area (Å²) in [4.78, 5) is 14.6. The molecule has 3 atom stereocenters. The van der Waals surface area contributed by atoms with E-state index >= 15 is 0 Å². The Balaban J connectivity index is 2.14. The van der Waals surface area contributed by atoms with E-state index in [1.165, 1.54) is 0 Å². The number of carbonyl (C=O) groups is 1. The number of ether oxygens (including phenoxy) is 3. The molecule has 1 fully saturated rings. The zero-order valence-electron chi connectivity index (χ0n) is 14.3. The van der Waals surface area contributed by atoms with Gasteiger partial charge in [0.25, 0.3) is 0 Å². The Kier molecular flexibility index (Phi) is 4.29. The summed E-state index contributed by atoms with van der Waals surface area (Å²) in [5, 5.41) is 3.86. The second kappa shape index (κ2) is 6.12. The SMILES string of the molecule is CCOC(=O)C1C2NC(=S)N(CC)C1(C)Oc1ccc(OC)cc12. The van der Waals surface area contributed by atoms with E-state index in [9.17, 15) is 4.79 Å². The van der Waals surface area contributed by atoms with Crippen LogP contribution in [0.3, 0.4) is 0 Å². The van der Waals surface area contributed by atoms with E-state index in [2.05, 4.69) is 5.32 Å². The lowest BCUT2D eigenvalue weighted by molar-refractivity contribution is -0.174. The molecule has 2 heterocycles. The number of hydrogen-bond donors (Lipinski definition) is 1. The van der Waals surface area contributed by atoms with Crippen LogP contribution in [0.2, 0.25) is 0 Å². The van der Waals surface area contributed by atoms with Crippen LogP contribution < -0.4 is 14.8 Å². The van der Waals surface area contributed by atoms with Gasteiger partial charge in [0.1, 0.15) is 17.4 Å². The van der Waals surface area contributed by atoms with Crippen molar-refractivity contribution in [1.82, 2.24) is 10.2 Å². The van der Waals surface area contributed by atoms with Gasteiger partial charge in [-0.1, -0.05) is 0 Å². The van der Waals surface area contributed by atoms with Gasteiger partial charge in [0.05, 0.1) is 19.8 Å². The molecule has 0 radical (unpaired) electrons. The highest BCUT2D eigenvalue weighted by Gasteiger charge is 2.59. The number of hydrogen-bond acceptors (Lipinski definition) is 5. The molecule has 1 N–H and O–H groups in total. The molecule has 0 saturated carbocycles. The van der Waals surface area contributed by atoms with Crippen LogP contribution in [0.5, 0.6) is 11.5 Å². The zero-order chi connectivity index (χ0) is 17.5. The van der Waals surface area contributed by atoms with E-state index in [0.29, 0.717) is 24.0 Å². The molecule has 0 amide bonds. The minimum Gasteiger partial charge on any atom is -0.497 e. The summed E-state index contributed by atoms with van der Waals surface area (Å²) < 4.78 is 16.9. The number of nitrogens with one attached hydrogen (secondary N) is 1. The first-order valence-electron chi connectivity index (χ1n) is 8.08. The van der Waals surface area contributed by atoms with E-state index in [0.717, 1.165) is 11.3 Å². The maximum atomic E-state index is 12.7. The van der Waals surface area contributed by atoms with Crippen LogP contribution >= 0.6 is 12.2 Å². The summed E-state index contributed by atoms with van der Waals surface area (Å²) in [5.74, 6) is 0.585. The molecule has 3 rings (SSSR count). The number of rotatable bonds is 4. The summed E-state index contributed by atoms with van der Waals surface area (Å²) in [5.41, 5.74) is -0.0433. The first-order chi connectivity index (χ1) is 11.5. The van der Waals surface area contributed by atoms with Gasteiger partial charge in [0.15, 0.2) is 10.8 Å². The molecule has 2 aliphatic heterocycles. The Morgan fingerprint density at radius 1 is 1.46 bits per heavy atom. The molecule has 1 aromatic rings. The van der Waals surface area contributed by atoms with Crippen molar-refractivity contribution in [2.75, 3.05) is 20.3 Å². The summed E-state index contributed by atoms with van der Waals surface area (Å²) in [7, 11) is 1.61. The quantitative estimate of drug-likeness (QED) is 0.660. The van der Waals surface area contributed by atoms with Gasteiger partial charge in [-0.25, -0.2) is 0 Å². The van der Waals surface area contributed by atoms with Crippen LogP contribution in [-0.4, -0.2) is 42.0 Å². The zero-order valence-corrected chi connectivity index (χ0v) is 15.1. The molecule has 130 valence electrons. The van der Waals surface area contributed by atoms with Crippen molar-refractivity contribution in [3.63, 3.8) is 0 Å². The van der Waals surface area contributed by atoms with Crippen molar-refractivity contribution >= 4 is 23.3 Å². The summed E-state index contributed by atoms with van der Waals surface area (Å²) in [6.07, 6.45) is 0. The Morgan fingerprint density at radius 2 is 2.21 bits per heavy atom. The molecule has 1 aromatic carbocycles. The highest BCUT2D eigenvalue weighted by Crippen LogP contribution is 2.49.